The smallest absolute Gasteiger partial charge is 0.251 e. The van der Waals surface area contributed by atoms with Gasteiger partial charge in [0.25, 0.3) is 5.91 Å². The van der Waals surface area contributed by atoms with E-state index in [0.717, 1.165) is 37.7 Å². The van der Waals surface area contributed by atoms with Crippen LogP contribution in [-0.2, 0) is 22.6 Å². The lowest BCUT2D eigenvalue weighted by Crippen LogP contribution is -2.60. The molecule has 2 aromatic carbocycles. The number of aryl methyl sites for hydroxylation is 1. The maximum atomic E-state index is 12.8. The highest BCUT2D eigenvalue weighted by atomic mass is 16.2. The summed E-state index contributed by atoms with van der Waals surface area (Å²) in [4.78, 5) is 41.0. The van der Waals surface area contributed by atoms with Gasteiger partial charge in [-0.3, -0.25) is 14.4 Å². The van der Waals surface area contributed by atoms with Gasteiger partial charge in [-0.05, 0) is 55.4 Å². The molecule has 0 aromatic heterocycles. The van der Waals surface area contributed by atoms with E-state index in [9.17, 15) is 14.4 Å². The number of benzene rings is 2. The Labute approximate surface area is 183 Å². The minimum Gasteiger partial charge on any atom is -0.352 e. The molecule has 6 nitrogen and oxygen atoms in total. The van der Waals surface area contributed by atoms with Gasteiger partial charge in [0.15, 0.2) is 0 Å². The fraction of sp³-hybridized carbons (Fsp3) is 0.400. The lowest BCUT2D eigenvalue weighted by Gasteiger charge is -2.42. The Bertz CT molecular complexity index is 927. The third kappa shape index (κ3) is 5.13. The van der Waals surface area contributed by atoms with Gasteiger partial charge in [0.05, 0.1) is 0 Å². The van der Waals surface area contributed by atoms with E-state index in [1.54, 1.807) is 21.9 Å². The third-order valence-electron chi connectivity index (χ3n) is 6.11. The van der Waals surface area contributed by atoms with Crippen LogP contribution in [0.3, 0.4) is 0 Å². The molecule has 2 fully saturated rings. The molecule has 2 aromatic rings. The van der Waals surface area contributed by atoms with Crippen LogP contribution in [0.15, 0.2) is 54.6 Å². The zero-order valence-electron chi connectivity index (χ0n) is 17.8. The van der Waals surface area contributed by atoms with Gasteiger partial charge in [0.1, 0.15) is 12.6 Å². The van der Waals surface area contributed by atoms with Gasteiger partial charge in [-0.2, -0.15) is 0 Å². The molecule has 1 N–H and O–H groups in total. The number of piperazine rings is 1. The van der Waals surface area contributed by atoms with Crippen molar-refractivity contribution in [1.82, 2.24) is 15.1 Å². The van der Waals surface area contributed by atoms with Crippen LogP contribution in [0, 0.1) is 0 Å². The Morgan fingerprint density at radius 1 is 0.968 bits per heavy atom. The van der Waals surface area contributed by atoms with Crippen molar-refractivity contribution in [3.8, 4) is 0 Å². The number of carbonyl (C=O) groups is 3. The van der Waals surface area contributed by atoms with E-state index in [4.69, 9.17) is 0 Å². The standard InChI is InChI=1S/C25H29N3O3/c29-23-18-27(25(31)22-10-4-5-16-28(22)23)17-20-11-13-21(14-12-20)24(30)26-15-6-9-19-7-2-1-3-8-19/h1-3,7-8,11-14,22H,4-6,9-10,15-18H2,(H,26,30)/t22-/m1/s1. The van der Waals surface area contributed by atoms with Crippen molar-refractivity contribution in [1.29, 1.82) is 0 Å². The summed E-state index contributed by atoms with van der Waals surface area (Å²) < 4.78 is 0. The van der Waals surface area contributed by atoms with Crippen LogP contribution in [0.4, 0.5) is 0 Å². The molecule has 2 heterocycles. The van der Waals surface area contributed by atoms with Gasteiger partial charge in [0.2, 0.25) is 11.8 Å². The molecule has 3 amide bonds. The Morgan fingerprint density at radius 2 is 1.74 bits per heavy atom. The SMILES string of the molecule is O=C(NCCCc1ccccc1)c1ccc(CN2CC(=O)N3CCCC[C@@H]3C2=O)cc1. The van der Waals surface area contributed by atoms with Gasteiger partial charge in [-0.1, -0.05) is 42.5 Å². The molecule has 2 saturated heterocycles. The first-order valence-electron chi connectivity index (χ1n) is 11.1. The topological polar surface area (TPSA) is 69.7 Å². The lowest BCUT2D eigenvalue weighted by molar-refractivity contribution is -0.158. The van der Waals surface area contributed by atoms with Crippen LogP contribution in [0.2, 0.25) is 0 Å². The number of piperidine rings is 1. The van der Waals surface area contributed by atoms with E-state index in [1.807, 2.05) is 30.3 Å². The van der Waals surface area contributed by atoms with E-state index < -0.39 is 0 Å². The molecule has 0 radical (unpaired) electrons. The average Bonchev–Trinajstić information content (AvgIpc) is 2.81. The number of hydrogen-bond donors (Lipinski definition) is 1. The van der Waals surface area contributed by atoms with Crippen molar-refractivity contribution in [2.45, 2.75) is 44.7 Å². The Morgan fingerprint density at radius 3 is 2.52 bits per heavy atom. The van der Waals surface area contributed by atoms with Gasteiger partial charge >= 0.3 is 0 Å². The number of carbonyl (C=O) groups excluding carboxylic acids is 3. The van der Waals surface area contributed by atoms with Crippen LogP contribution in [0.25, 0.3) is 0 Å². The third-order valence-corrected chi connectivity index (χ3v) is 6.11. The van der Waals surface area contributed by atoms with E-state index in [2.05, 4.69) is 17.4 Å². The van der Waals surface area contributed by atoms with Crippen LogP contribution < -0.4 is 5.32 Å². The highest BCUT2D eigenvalue weighted by molar-refractivity contribution is 5.95. The molecule has 162 valence electrons. The maximum Gasteiger partial charge on any atom is 0.251 e. The molecular weight excluding hydrogens is 390 g/mol. The highest BCUT2D eigenvalue weighted by Gasteiger charge is 2.40. The van der Waals surface area contributed by atoms with Gasteiger partial charge < -0.3 is 15.1 Å². The predicted molar refractivity (Wildman–Crippen MR) is 118 cm³/mol. The molecule has 0 aliphatic carbocycles. The quantitative estimate of drug-likeness (QED) is 0.702. The van der Waals surface area contributed by atoms with Crippen LogP contribution in [0.5, 0.6) is 0 Å². The minimum atomic E-state index is -0.295. The summed E-state index contributed by atoms with van der Waals surface area (Å²) in [5.41, 5.74) is 2.79. The highest BCUT2D eigenvalue weighted by Crippen LogP contribution is 2.24. The van der Waals surface area contributed by atoms with Crippen LogP contribution >= 0.6 is 0 Å². The second-order valence-electron chi connectivity index (χ2n) is 8.33. The number of nitrogens with zero attached hydrogens (tertiary/aromatic N) is 2. The van der Waals surface area contributed by atoms with E-state index in [-0.39, 0.29) is 30.3 Å². The molecule has 0 bridgehead atoms. The molecule has 2 aliphatic rings. The lowest BCUT2D eigenvalue weighted by atomic mass is 9.98. The van der Waals surface area contributed by atoms with Crippen LogP contribution in [-0.4, -0.2) is 53.2 Å². The fourth-order valence-corrected chi connectivity index (χ4v) is 4.39. The molecule has 6 heteroatoms. The van der Waals surface area contributed by atoms with Crippen molar-refractivity contribution in [3.05, 3.63) is 71.3 Å². The molecule has 31 heavy (non-hydrogen) atoms. The largest absolute Gasteiger partial charge is 0.352 e. The molecule has 2 aliphatic heterocycles. The van der Waals surface area contributed by atoms with Crippen molar-refractivity contribution in [3.63, 3.8) is 0 Å². The number of nitrogens with one attached hydrogen (secondary N) is 1. The van der Waals surface area contributed by atoms with Crippen molar-refractivity contribution < 1.29 is 14.4 Å². The van der Waals surface area contributed by atoms with Crippen molar-refractivity contribution in [2.75, 3.05) is 19.6 Å². The number of hydrogen-bond acceptors (Lipinski definition) is 3. The molecular formula is C25H29N3O3. The van der Waals surface area contributed by atoms with Gasteiger partial charge in [0, 0.05) is 25.2 Å². The number of amides is 3. The molecule has 1 atom stereocenters. The zero-order chi connectivity index (χ0) is 21.6. The van der Waals surface area contributed by atoms with E-state index >= 15 is 0 Å². The number of rotatable bonds is 7. The minimum absolute atomic E-state index is 0.0378. The molecule has 0 spiro atoms. The molecule has 0 unspecified atom stereocenters. The first-order chi connectivity index (χ1) is 15.1. The monoisotopic (exact) mass is 419 g/mol. The predicted octanol–water partition coefficient (Wildman–Crippen LogP) is 2.77. The first-order valence-corrected chi connectivity index (χ1v) is 11.1. The summed E-state index contributed by atoms with van der Waals surface area (Å²) in [6.45, 7) is 1.85. The summed E-state index contributed by atoms with van der Waals surface area (Å²) >= 11 is 0. The normalized spacial score (nSPS) is 18.6. The maximum absolute atomic E-state index is 12.8. The zero-order valence-corrected chi connectivity index (χ0v) is 17.8. The second-order valence-corrected chi connectivity index (χ2v) is 8.33. The molecule has 0 saturated carbocycles. The van der Waals surface area contributed by atoms with E-state index in [1.165, 1.54) is 5.56 Å². The first kappa shape index (κ1) is 21.1. The Hall–Kier alpha value is -3.15. The Balaban J connectivity index is 1.27. The molecule has 4 rings (SSSR count). The Kier molecular flexibility index (Phi) is 6.65. The summed E-state index contributed by atoms with van der Waals surface area (Å²) in [6, 6.07) is 17.2. The summed E-state index contributed by atoms with van der Waals surface area (Å²) in [7, 11) is 0. The summed E-state index contributed by atoms with van der Waals surface area (Å²) in [5.74, 6) is -0.0166. The van der Waals surface area contributed by atoms with Gasteiger partial charge in [-0.15, -0.1) is 0 Å². The number of fused-ring (bicyclic) bond motifs is 1. The average molecular weight is 420 g/mol. The second kappa shape index (κ2) is 9.77. The van der Waals surface area contributed by atoms with E-state index in [0.29, 0.717) is 25.2 Å². The summed E-state index contributed by atoms with van der Waals surface area (Å²) in [5, 5.41) is 2.96. The van der Waals surface area contributed by atoms with Crippen molar-refractivity contribution in [2.24, 2.45) is 0 Å². The fourth-order valence-electron chi connectivity index (χ4n) is 4.39. The van der Waals surface area contributed by atoms with Gasteiger partial charge in [-0.25, -0.2) is 0 Å². The van der Waals surface area contributed by atoms with Crippen molar-refractivity contribution >= 4 is 17.7 Å². The summed E-state index contributed by atoms with van der Waals surface area (Å²) in [6.07, 6.45) is 4.54. The van der Waals surface area contributed by atoms with Crippen LogP contribution in [0.1, 0.15) is 47.2 Å².